The summed E-state index contributed by atoms with van der Waals surface area (Å²) in [6.07, 6.45) is 4.65. The summed E-state index contributed by atoms with van der Waals surface area (Å²) >= 11 is 0. The summed E-state index contributed by atoms with van der Waals surface area (Å²) in [5, 5.41) is 2.56. The maximum absolute atomic E-state index is 2.33. The van der Waals surface area contributed by atoms with Crippen molar-refractivity contribution in [1.82, 2.24) is 9.13 Å². The number of nitrogens with zero attached hydrogens (tertiary/aromatic N) is 2. The van der Waals surface area contributed by atoms with E-state index in [1.807, 2.05) is 0 Å². The van der Waals surface area contributed by atoms with Gasteiger partial charge in [-0.15, -0.1) is 0 Å². The van der Waals surface area contributed by atoms with E-state index in [4.69, 9.17) is 0 Å². The van der Waals surface area contributed by atoms with Gasteiger partial charge >= 0.3 is 0 Å². The van der Waals surface area contributed by atoms with Crippen LogP contribution in [0, 0.1) is 0 Å². The fraction of sp³-hybridized carbons (Fsp3) is 0.0968. The van der Waals surface area contributed by atoms with Gasteiger partial charge in [-0.2, -0.15) is 0 Å². The van der Waals surface area contributed by atoms with Crippen LogP contribution in [0.15, 0.2) is 122 Å². The predicted molar refractivity (Wildman–Crippen MR) is 138 cm³/mol. The van der Waals surface area contributed by atoms with E-state index in [0.29, 0.717) is 0 Å². The van der Waals surface area contributed by atoms with Crippen LogP contribution >= 0.6 is 0 Å². The molecule has 0 spiro atoms. The molecule has 0 saturated heterocycles. The Labute approximate surface area is 194 Å². The van der Waals surface area contributed by atoms with Crippen molar-refractivity contribution in [2.24, 2.45) is 14.1 Å². The summed E-state index contributed by atoms with van der Waals surface area (Å²) in [6, 6.07) is 39.4. The molecule has 0 N–H and O–H groups in total. The van der Waals surface area contributed by atoms with Crippen molar-refractivity contribution in [3.05, 3.63) is 144 Å². The largest absolute Gasteiger partial charge is 0.350 e. The molecule has 0 radical (unpaired) electrons. The molecule has 4 aromatic carbocycles. The maximum Gasteiger partial charge on any atom is 0.0743 e. The highest BCUT2D eigenvalue weighted by Crippen LogP contribution is 2.50. The van der Waals surface area contributed by atoms with Crippen molar-refractivity contribution in [3.8, 4) is 0 Å². The maximum atomic E-state index is 2.33. The van der Waals surface area contributed by atoms with Gasteiger partial charge < -0.3 is 9.13 Å². The van der Waals surface area contributed by atoms with Gasteiger partial charge in [0.25, 0.3) is 0 Å². The van der Waals surface area contributed by atoms with E-state index in [-0.39, 0.29) is 0 Å². The number of para-hydroxylation sites is 2. The highest BCUT2D eigenvalue weighted by molar-refractivity contribution is 5.93. The lowest BCUT2D eigenvalue weighted by Gasteiger charge is -2.36. The van der Waals surface area contributed by atoms with Gasteiger partial charge in [0.05, 0.1) is 5.41 Å². The van der Waals surface area contributed by atoms with E-state index in [2.05, 4.69) is 145 Å². The second-order valence-electron chi connectivity index (χ2n) is 8.82. The Hall–Kier alpha value is -4.04. The molecule has 6 aromatic rings. The van der Waals surface area contributed by atoms with Crippen LogP contribution in [0.2, 0.25) is 0 Å². The molecule has 0 bridgehead atoms. The number of hydrogen-bond donors (Lipinski definition) is 0. The lowest BCUT2D eigenvalue weighted by Crippen LogP contribution is -2.30. The van der Waals surface area contributed by atoms with Crippen LogP contribution < -0.4 is 0 Å². The average Bonchev–Trinajstić information content (AvgIpc) is 3.39. The molecule has 2 nitrogen and oxygen atoms in total. The quantitative estimate of drug-likeness (QED) is 0.286. The summed E-state index contributed by atoms with van der Waals surface area (Å²) in [5.41, 5.74) is 7.15. The molecule has 0 amide bonds. The molecule has 160 valence electrons. The Bertz CT molecular complexity index is 1450. The summed E-state index contributed by atoms with van der Waals surface area (Å²) in [6.45, 7) is 0. The van der Waals surface area contributed by atoms with Gasteiger partial charge in [-0.05, 0) is 34.4 Å². The van der Waals surface area contributed by atoms with Gasteiger partial charge in [-0.25, -0.2) is 0 Å². The second kappa shape index (κ2) is 7.53. The third kappa shape index (κ3) is 2.81. The van der Waals surface area contributed by atoms with Gasteiger partial charge in [0, 0.05) is 48.3 Å². The van der Waals surface area contributed by atoms with Gasteiger partial charge in [-0.3, -0.25) is 0 Å². The Morgan fingerprint density at radius 1 is 0.455 bits per heavy atom. The van der Waals surface area contributed by atoms with Gasteiger partial charge in [0.15, 0.2) is 0 Å². The summed E-state index contributed by atoms with van der Waals surface area (Å²) in [7, 11) is 4.30. The van der Waals surface area contributed by atoms with Crippen LogP contribution in [0.1, 0.15) is 22.3 Å². The highest BCUT2D eigenvalue weighted by atomic mass is 14.9. The molecule has 0 aliphatic rings. The topological polar surface area (TPSA) is 9.86 Å². The monoisotopic (exact) mass is 426 g/mol. The van der Waals surface area contributed by atoms with Crippen molar-refractivity contribution in [3.63, 3.8) is 0 Å². The first-order valence-electron chi connectivity index (χ1n) is 11.4. The number of aromatic nitrogens is 2. The minimum absolute atomic E-state index is 0.468. The van der Waals surface area contributed by atoms with E-state index in [1.54, 1.807) is 0 Å². The van der Waals surface area contributed by atoms with Crippen molar-refractivity contribution in [1.29, 1.82) is 0 Å². The van der Waals surface area contributed by atoms with Gasteiger partial charge in [0.2, 0.25) is 0 Å². The molecule has 0 fully saturated rings. The van der Waals surface area contributed by atoms with Crippen LogP contribution in [0.25, 0.3) is 21.8 Å². The zero-order valence-corrected chi connectivity index (χ0v) is 18.9. The van der Waals surface area contributed by atoms with Crippen LogP contribution in [-0.4, -0.2) is 9.13 Å². The Kier molecular flexibility index (Phi) is 4.48. The minimum Gasteiger partial charge on any atom is -0.350 e. The summed E-state index contributed by atoms with van der Waals surface area (Å²) in [4.78, 5) is 0. The van der Waals surface area contributed by atoms with E-state index < -0.39 is 5.41 Å². The van der Waals surface area contributed by atoms with Crippen LogP contribution in [0.3, 0.4) is 0 Å². The number of benzene rings is 4. The fourth-order valence-electron chi connectivity index (χ4n) is 5.59. The first-order valence-corrected chi connectivity index (χ1v) is 11.4. The molecule has 0 saturated carbocycles. The third-order valence-electron chi connectivity index (χ3n) is 7.02. The molecule has 2 heterocycles. The van der Waals surface area contributed by atoms with E-state index in [9.17, 15) is 0 Å². The molecular weight excluding hydrogens is 400 g/mol. The van der Waals surface area contributed by atoms with Crippen molar-refractivity contribution in [2.45, 2.75) is 5.41 Å². The van der Waals surface area contributed by atoms with Crippen LogP contribution in [-0.2, 0) is 19.5 Å². The Balaban J connectivity index is 1.87. The number of fused-ring (bicyclic) bond motifs is 2. The Morgan fingerprint density at radius 3 is 1.24 bits per heavy atom. The number of hydrogen-bond acceptors (Lipinski definition) is 0. The Morgan fingerprint density at radius 2 is 0.818 bits per heavy atom. The minimum atomic E-state index is -0.468. The van der Waals surface area contributed by atoms with E-state index >= 15 is 0 Å². The SMILES string of the molecule is Cn1cc(C(c2ccccc2)(c2ccccc2)c2cn(C)c3ccccc23)c2ccccc21. The molecule has 33 heavy (non-hydrogen) atoms. The van der Waals surface area contributed by atoms with Crippen molar-refractivity contribution in [2.75, 3.05) is 0 Å². The van der Waals surface area contributed by atoms with E-state index in [1.165, 1.54) is 44.1 Å². The second-order valence-corrected chi connectivity index (χ2v) is 8.82. The zero-order chi connectivity index (χ0) is 22.4. The molecule has 2 heteroatoms. The molecule has 0 atom stereocenters. The summed E-state index contributed by atoms with van der Waals surface area (Å²) in [5.74, 6) is 0. The van der Waals surface area contributed by atoms with Gasteiger partial charge in [0.1, 0.15) is 0 Å². The van der Waals surface area contributed by atoms with Crippen LogP contribution in [0.4, 0.5) is 0 Å². The molecule has 0 aliphatic heterocycles. The first kappa shape index (κ1) is 19.6. The molecule has 2 aromatic heterocycles. The van der Waals surface area contributed by atoms with Crippen molar-refractivity contribution >= 4 is 21.8 Å². The smallest absolute Gasteiger partial charge is 0.0743 e. The standard InChI is InChI=1S/C31H26N2/c1-32-21-27(25-17-9-11-19-29(25)32)31(23-13-5-3-6-14-23,24-15-7-4-8-16-24)28-22-33(2)30-20-12-10-18-26(28)30/h3-22H,1-2H3. The van der Waals surface area contributed by atoms with Crippen LogP contribution in [0.5, 0.6) is 0 Å². The lowest BCUT2D eigenvalue weighted by atomic mass is 9.65. The molecule has 6 rings (SSSR count). The fourth-order valence-corrected chi connectivity index (χ4v) is 5.59. The number of aryl methyl sites for hydroxylation is 2. The normalized spacial score (nSPS) is 11.9. The highest BCUT2D eigenvalue weighted by Gasteiger charge is 2.42. The average molecular weight is 427 g/mol. The van der Waals surface area contributed by atoms with Crippen molar-refractivity contribution < 1.29 is 0 Å². The number of rotatable bonds is 4. The zero-order valence-electron chi connectivity index (χ0n) is 18.9. The summed E-state index contributed by atoms with van der Waals surface area (Å²) < 4.78 is 4.52. The lowest BCUT2D eigenvalue weighted by molar-refractivity contribution is 0.746. The van der Waals surface area contributed by atoms with Gasteiger partial charge in [-0.1, -0.05) is 97.1 Å². The third-order valence-corrected chi connectivity index (χ3v) is 7.02. The molecule has 0 unspecified atom stereocenters. The molecule has 0 aliphatic carbocycles. The first-order chi connectivity index (χ1) is 16.2. The van der Waals surface area contributed by atoms with E-state index in [0.717, 1.165) is 0 Å². The predicted octanol–water partition coefficient (Wildman–Crippen LogP) is 7.05. The molecular formula is C31H26N2.